The molecule has 2 amide bonds. The average Bonchev–Trinajstić information content (AvgIpc) is 2.73. The van der Waals surface area contributed by atoms with Gasteiger partial charge in [0, 0.05) is 43.9 Å². The van der Waals surface area contributed by atoms with Crippen LogP contribution in [0.5, 0.6) is 5.75 Å². The summed E-state index contributed by atoms with van der Waals surface area (Å²) in [6, 6.07) is 11.1. The zero-order valence-corrected chi connectivity index (χ0v) is 16.5. The number of rotatable bonds is 6. The lowest BCUT2D eigenvalue weighted by atomic mass is 10.2. The number of halogens is 1. The van der Waals surface area contributed by atoms with Gasteiger partial charge in [0.2, 0.25) is 5.91 Å². The molecule has 8 heteroatoms. The molecule has 1 aromatic heterocycles. The highest BCUT2D eigenvalue weighted by atomic mass is 35.5. The van der Waals surface area contributed by atoms with Crippen LogP contribution in [0.4, 0.5) is 0 Å². The van der Waals surface area contributed by atoms with E-state index >= 15 is 0 Å². The number of nitrogens with one attached hydrogen (secondary N) is 1. The molecule has 3 rings (SSSR count). The molecule has 7 nitrogen and oxygen atoms in total. The first-order valence-electron chi connectivity index (χ1n) is 9.08. The highest BCUT2D eigenvalue weighted by Gasteiger charge is 2.21. The molecule has 1 aliphatic heterocycles. The normalized spacial score (nSPS) is 14.6. The molecule has 2 heterocycles. The zero-order valence-electron chi connectivity index (χ0n) is 15.7. The molecule has 0 saturated carbocycles. The van der Waals surface area contributed by atoms with Gasteiger partial charge in [-0.3, -0.25) is 19.5 Å². The topological polar surface area (TPSA) is 74.8 Å². The Morgan fingerprint density at radius 1 is 1.14 bits per heavy atom. The number of carbonyl (C=O) groups is 2. The predicted molar refractivity (Wildman–Crippen MR) is 106 cm³/mol. The van der Waals surface area contributed by atoms with Crippen LogP contribution in [0.3, 0.4) is 0 Å². The van der Waals surface area contributed by atoms with Crippen LogP contribution in [0, 0.1) is 0 Å². The van der Waals surface area contributed by atoms with Crippen LogP contribution >= 0.6 is 11.6 Å². The van der Waals surface area contributed by atoms with E-state index in [9.17, 15) is 9.59 Å². The lowest BCUT2D eigenvalue weighted by molar-refractivity contribution is -0.131. The van der Waals surface area contributed by atoms with Crippen molar-refractivity contribution in [1.29, 1.82) is 0 Å². The number of nitrogens with zero attached hydrogens (tertiary/aromatic N) is 3. The fourth-order valence-corrected chi connectivity index (χ4v) is 3.19. The third-order valence-corrected chi connectivity index (χ3v) is 4.88. The number of piperazine rings is 1. The smallest absolute Gasteiger partial charge is 0.270 e. The molecule has 0 unspecified atom stereocenters. The van der Waals surface area contributed by atoms with E-state index in [-0.39, 0.29) is 18.1 Å². The van der Waals surface area contributed by atoms with Gasteiger partial charge < -0.3 is 15.0 Å². The van der Waals surface area contributed by atoms with Crippen LogP contribution in [0.15, 0.2) is 42.6 Å². The van der Waals surface area contributed by atoms with Gasteiger partial charge in [-0.25, -0.2) is 0 Å². The van der Waals surface area contributed by atoms with Gasteiger partial charge in [0.15, 0.2) is 0 Å². The second-order valence-electron chi connectivity index (χ2n) is 6.55. The molecule has 1 fully saturated rings. The van der Waals surface area contributed by atoms with Crippen LogP contribution in [-0.2, 0) is 11.3 Å². The summed E-state index contributed by atoms with van der Waals surface area (Å²) in [5.74, 6) is 0.336. The van der Waals surface area contributed by atoms with Crippen molar-refractivity contribution in [2.75, 3.05) is 39.8 Å². The lowest BCUT2D eigenvalue weighted by Crippen LogP contribution is -2.50. The molecule has 2 aromatic rings. The third kappa shape index (κ3) is 5.43. The number of aromatic nitrogens is 1. The van der Waals surface area contributed by atoms with Crippen molar-refractivity contribution in [2.24, 2.45) is 0 Å². The minimum atomic E-state index is -0.408. The largest absolute Gasteiger partial charge is 0.497 e. The molecule has 1 N–H and O–H groups in total. The molecule has 1 saturated heterocycles. The highest BCUT2D eigenvalue weighted by Crippen LogP contribution is 2.14. The fourth-order valence-electron chi connectivity index (χ4n) is 3.03. The number of amides is 2. The van der Waals surface area contributed by atoms with Crippen LogP contribution in [0.1, 0.15) is 16.1 Å². The number of hydrogen-bond acceptors (Lipinski definition) is 5. The minimum absolute atomic E-state index is 0.0501. The van der Waals surface area contributed by atoms with E-state index in [4.69, 9.17) is 16.3 Å². The van der Waals surface area contributed by atoms with Crippen LogP contribution in [0.2, 0.25) is 5.02 Å². The Labute approximate surface area is 169 Å². The molecular formula is C20H23ClN4O3. The molecule has 0 atom stereocenters. The van der Waals surface area contributed by atoms with E-state index in [1.54, 1.807) is 18.1 Å². The number of benzene rings is 1. The van der Waals surface area contributed by atoms with Gasteiger partial charge in [-0.1, -0.05) is 23.7 Å². The third-order valence-electron chi connectivity index (χ3n) is 4.65. The second-order valence-corrected chi connectivity index (χ2v) is 6.98. The van der Waals surface area contributed by atoms with E-state index in [2.05, 4.69) is 27.3 Å². The summed E-state index contributed by atoms with van der Waals surface area (Å²) >= 11 is 5.85. The summed E-state index contributed by atoms with van der Waals surface area (Å²) in [5, 5.41) is 3.04. The molecule has 0 radical (unpaired) electrons. The van der Waals surface area contributed by atoms with E-state index in [0.29, 0.717) is 18.1 Å². The average molecular weight is 403 g/mol. The van der Waals surface area contributed by atoms with E-state index in [1.807, 2.05) is 12.1 Å². The predicted octanol–water partition coefficient (Wildman–Crippen LogP) is 1.82. The van der Waals surface area contributed by atoms with Crippen molar-refractivity contribution in [2.45, 2.75) is 6.54 Å². The van der Waals surface area contributed by atoms with Gasteiger partial charge in [0.1, 0.15) is 11.4 Å². The standard InChI is InChI=1S/C20H23ClN4O3/c1-28-17-4-2-15(3-5-17)14-24-8-10-25(11-9-24)19(26)13-23-20(27)18-12-16(21)6-7-22-18/h2-7,12H,8-11,13-14H2,1H3,(H,23,27). The maximum atomic E-state index is 12.4. The van der Waals surface area contributed by atoms with Crippen molar-refractivity contribution in [3.63, 3.8) is 0 Å². The van der Waals surface area contributed by atoms with Crippen LogP contribution in [0.25, 0.3) is 0 Å². The number of pyridine rings is 1. The van der Waals surface area contributed by atoms with Crippen molar-refractivity contribution < 1.29 is 14.3 Å². The van der Waals surface area contributed by atoms with Crippen molar-refractivity contribution in [3.05, 3.63) is 58.9 Å². The molecule has 0 bridgehead atoms. The van der Waals surface area contributed by atoms with E-state index in [1.165, 1.54) is 17.8 Å². The Morgan fingerprint density at radius 3 is 2.50 bits per heavy atom. The molecule has 0 aliphatic carbocycles. The van der Waals surface area contributed by atoms with Crippen LogP contribution in [-0.4, -0.2) is 66.4 Å². The second kappa shape index (κ2) is 9.52. The summed E-state index contributed by atoms with van der Waals surface area (Å²) in [6.45, 7) is 3.65. The summed E-state index contributed by atoms with van der Waals surface area (Å²) in [4.78, 5) is 32.5. The van der Waals surface area contributed by atoms with Gasteiger partial charge in [-0.05, 0) is 29.8 Å². The summed E-state index contributed by atoms with van der Waals surface area (Å²) in [6.07, 6.45) is 1.46. The first-order chi connectivity index (χ1) is 13.5. The Bertz CT molecular complexity index is 820. The lowest BCUT2D eigenvalue weighted by Gasteiger charge is -2.34. The minimum Gasteiger partial charge on any atom is -0.497 e. The maximum absolute atomic E-state index is 12.4. The molecule has 1 aliphatic rings. The summed E-state index contributed by atoms with van der Waals surface area (Å²) in [7, 11) is 1.65. The molecule has 148 valence electrons. The number of hydrogen-bond donors (Lipinski definition) is 1. The van der Waals surface area contributed by atoms with E-state index < -0.39 is 5.91 Å². The van der Waals surface area contributed by atoms with Gasteiger partial charge in [-0.2, -0.15) is 0 Å². The quantitative estimate of drug-likeness (QED) is 0.797. The van der Waals surface area contributed by atoms with Gasteiger partial charge in [0.25, 0.3) is 5.91 Å². The van der Waals surface area contributed by atoms with Crippen LogP contribution < -0.4 is 10.1 Å². The Morgan fingerprint density at radius 2 is 1.86 bits per heavy atom. The maximum Gasteiger partial charge on any atom is 0.270 e. The Hall–Kier alpha value is -2.64. The van der Waals surface area contributed by atoms with Crippen molar-refractivity contribution in [3.8, 4) is 5.75 Å². The fraction of sp³-hybridized carbons (Fsp3) is 0.350. The van der Waals surface area contributed by atoms with Crippen molar-refractivity contribution >= 4 is 23.4 Å². The summed E-state index contributed by atoms with van der Waals surface area (Å²) in [5.41, 5.74) is 1.41. The van der Waals surface area contributed by atoms with E-state index in [0.717, 1.165) is 25.4 Å². The molecule has 0 spiro atoms. The first-order valence-corrected chi connectivity index (χ1v) is 9.46. The van der Waals surface area contributed by atoms with Gasteiger partial charge in [-0.15, -0.1) is 0 Å². The first kappa shape index (κ1) is 20.1. The molecular weight excluding hydrogens is 380 g/mol. The van der Waals surface area contributed by atoms with Crippen molar-refractivity contribution in [1.82, 2.24) is 20.1 Å². The zero-order chi connectivity index (χ0) is 19.9. The number of methoxy groups -OCH3 is 1. The molecule has 1 aromatic carbocycles. The summed E-state index contributed by atoms with van der Waals surface area (Å²) < 4.78 is 5.18. The SMILES string of the molecule is COc1ccc(CN2CCN(C(=O)CNC(=O)c3cc(Cl)ccn3)CC2)cc1. The number of carbonyl (C=O) groups excluding carboxylic acids is 2. The van der Waals surface area contributed by atoms with Gasteiger partial charge >= 0.3 is 0 Å². The number of ether oxygens (including phenoxy) is 1. The Kier molecular flexibility index (Phi) is 6.84. The van der Waals surface area contributed by atoms with Gasteiger partial charge in [0.05, 0.1) is 13.7 Å². The Balaban J connectivity index is 1.42. The highest BCUT2D eigenvalue weighted by molar-refractivity contribution is 6.30. The monoisotopic (exact) mass is 402 g/mol. The molecule has 28 heavy (non-hydrogen) atoms.